The number of hydrogen-bond acceptors (Lipinski definition) is 2. The third-order valence-corrected chi connectivity index (χ3v) is 4.54. The van der Waals surface area contributed by atoms with Gasteiger partial charge >= 0.3 is 0 Å². The number of hydrogen-bond donors (Lipinski definition) is 1. The molecule has 3 nitrogen and oxygen atoms in total. The minimum atomic E-state index is 0.752. The summed E-state index contributed by atoms with van der Waals surface area (Å²) < 4.78 is 3.16. The number of rotatable bonds is 6. The van der Waals surface area contributed by atoms with E-state index in [9.17, 15) is 0 Å². The van der Waals surface area contributed by atoms with Crippen molar-refractivity contribution in [3.05, 3.63) is 50.7 Å². The van der Waals surface area contributed by atoms with E-state index in [0.29, 0.717) is 0 Å². The molecule has 0 aliphatic carbocycles. The highest BCUT2D eigenvalue weighted by Crippen LogP contribution is 2.22. The summed E-state index contributed by atoms with van der Waals surface area (Å²) in [6.07, 6.45) is 0.936. The molecule has 20 heavy (non-hydrogen) atoms. The highest BCUT2D eigenvalue weighted by Gasteiger charge is 2.13. The van der Waals surface area contributed by atoms with Crippen LogP contribution in [0.2, 0.25) is 5.02 Å². The quantitative estimate of drug-likeness (QED) is 0.842. The summed E-state index contributed by atoms with van der Waals surface area (Å²) in [5.74, 6) is 0. The number of aromatic nitrogens is 2. The van der Waals surface area contributed by atoms with Crippen molar-refractivity contribution in [1.82, 2.24) is 15.1 Å². The zero-order chi connectivity index (χ0) is 14.5. The lowest BCUT2D eigenvalue weighted by Crippen LogP contribution is -2.16. The Morgan fingerprint density at radius 2 is 2.00 bits per heavy atom. The lowest BCUT2D eigenvalue weighted by molar-refractivity contribution is 0.576. The number of halogens is 2. The van der Waals surface area contributed by atoms with Crippen LogP contribution < -0.4 is 5.32 Å². The van der Waals surface area contributed by atoms with Gasteiger partial charge in [-0.25, -0.2) is 0 Å². The second-order valence-corrected chi connectivity index (χ2v) is 5.77. The molecule has 0 spiro atoms. The van der Waals surface area contributed by atoms with Gasteiger partial charge in [0.1, 0.15) is 0 Å². The van der Waals surface area contributed by atoms with Crippen LogP contribution in [0, 0.1) is 0 Å². The zero-order valence-electron chi connectivity index (χ0n) is 11.8. The minimum Gasteiger partial charge on any atom is -0.307 e. The molecule has 1 aromatic heterocycles. The number of nitrogens with one attached hydrogen (secondary N) is 1. The van der Waals surface area contributed by atoms with Gasteiger partial charge in [-0.15, -0.1) is 0 Å². The fourth-order valence-corrected chi connectivity index (χ4v) is 3.05. The Morgan fingerprint density at radius 3 is 2.65 bits per heavy atom. The summed E-state index contributed by atoms with van der Waals surface area (Å²) in [6.45, 7) is 6.63. The van der Waals surface area contributed by atoms with Crippen molar-refractivity contribution >= 4 is 27.5 Å². The monoisotopic (exact) mass is 355 g/mol. The molecule has 0 bridgehead atoms. The lowest BCUT2D eigenvalue weighted by atomic mass is 10.2. The molecule has 0 amide bonds. The Kier molecular flexibility index (Phi) is 5.64. The molecule has 2 aromatic rings. The fourth-order valence-electron chi connectivity index (χ4n) is 2.14. The Labute approximate surface area is 133 Å². The van der Waals surface area contributed by atoms with Crippen LogP contribution >= 0.6 is 27.5 Å². The van der Waals surface area contributed by atoms with E-state index in [4.69, 9.17) is 11.6 Å². The van der Waals surface area contributed by atoms with Crippen LogP contribution in [0.25, 0.3) is 0 Å². The van der Waals surface area contributed by atoms with E-state index >= 15 is 0 Å². The zero-order valence-corrected chi connectivity index (χ0v) is 14.1. The highest BCUT2D eigenvalue weighted by atomic mass is 79.9. The third kappa shape index (κ3) is 3.43. The van der Waals surface area contributed by atoms with Crippen LogP contribution in [0.3, 0.4) is 0 Å². The van der Waals surface area contributed by atoms with Gasteiger partial charge in [-0.2, -0.15) is 5.10 Å². The topological polar surface area (TPSA) is 29.9 Å². The summed E-state index contributed by atoms with van der Waals surface area (Å²) >= 11 is 9.81. The van der Waals surface area contributed by atoms with Crippen LogP contribution in [0.1, 0.15) is 30.8 Å². The first-order valence-electron chi connectivity index (χ1n) is 6.85. The van der Waals surface area contributed by atoms with Crippen molar-refractivity contribution in [3.8, 4) is 0 Å². The Balaban J connectivity index is 2.04. The summed E-state index contributed by atoms with van der Waals surface area (Å²) in [4.78, 5) is 0. The molecule has 1 heterocycles. The lowest BCUT2D eigenvalue weighted by Gasteiger charge is -2.08. The van der Waals surface area contributed by atoms with Gasteiger partial charge in [0.15, 0.2) is 0 Å². The maximum Gasteiger partial charge on any atom is 0.0767 e. The second-order valence-electron chi connectivity index (χ2n) is 4.57. The fraction of sp³-hybridized carbons (Fsp3) is 0.400. The van der Waals surface area contributed by atoms with Crippen LogP contribution in [-0.2, 0) is 26.1 Å². The van der Waals surface area contributed by atoms with E-state index in [-0.39, 0.29) is 0 Å². The standard InChI is InChI=1S/C15H19BrClN3/c1-3-13-15(16)14(20(4-2)19-13)10-18-9-11-7-5-6-8-12(11)17/h5-8,18H,3-4,9-10H2,1-2H3. The van der Waals surface area contributed by atoms with Gasteiger partial charge in [-0.05, 0) is 40.9 Å². The molecule has 0 saturated carbocycles. The number of nitrogens with zero attached hydrogens (tertiary/aromatic N) is 2. The van der Waals surface area contributed by atoms with E-state index in [2.05, 4.69) is 40.2 Å². The van der Waals surface area contributed by atoms with E-state index < -0.39 is 0 Å². The molecule has 108 valence electrons. The van der Waals surface area contributed by atoms with Crippen LogP contribution in [0.15, 0.2) is 28.7 Å². The second kappa shape index (κ2) is 7.25. The van der Waals surface area contributed by atoms with Crippen molar-refractivity contribution in [1.29, 1.82) is 0 Å². The number of benzene rings is 1. The van der Waals surface area contributed by atoms with Crippen LogP contribution in [-0.4, -0.2) is 9.78 Å². The minimum absolute atomic E-state index is 0.752. The Morgan fingerprint density at radius 1 is 1.25 bits per heavy atom. The van der Waals surface area contributed by atoms with Crippen molar-refractivity contribution in [2.24, 2.45) is 0 Å². The summed E-state index contributed by atoms with van der Waals surface area (Å²) in [5.41, 5.74) is 3.42. The summed E-state index contributed by atoms with van der Waals surface area (Å²) in [7, 11) is 0. The molecule has 5 heteroatoms. The molecule has 0 aliphatic heterocycles. The van der Waals surface area contributed by atoms with Crippen LogP contribution in [0.4, 0.5) is 0 Å². The third-order valence-electron chi connectivity index (χ3n) is 3.26. The predicted octanol–water partition coefficient (Wildman–Crippen LogP) is 4.17. The normalized spacial score (nSPS) is 11.0. The summed E-state index contributed by atoms with van der Waals surface area (Å²) in [6, 6.07) is 7.91. The highest BCUT2D eigenvalue weighted by molar-refractivity contribution is 9.10. The molecule has 0 atom stereocenters. The first-order valence-corrected chi connectivity index (χ1v) is 8.02. The molecular weight excluding hydrogens is 338 g/mol. The molecule has 2 rings (SSSR count). The first kappa shape index (κ1) is 15.5. The molecule has 0 unspecified atom stereocenters. The van der Waals surface area contributed by atoms with E-state index in [1.54, 1.807) is 0 Å². The van der Waals surface area contributed by atoms with Gasteiger partial charge in [0.2, 0.25) is 0 Å². The van der Waals surface area contributed by atoms with Gasteiger partial charge in [-0.3, -0.25) is 4.68 Å². The average molecular weight is 357 g/mol. The van der Waals surface area contributed by atoms with Gasteiger partial charge in [0.25, 0.3) is 0 Å². The smallest absolute Gasteiger partial charge is 0.0767 e. The predicted molar refractivity (Wildman–Crippen MR) is 87.0 cm³/mol. The Hall–Kier alpha value is -0.840. The van der Waals surface area contributed by atoms with Gasteiger partial charge < -0.3 is 5.32 Å². The van der Waals surface area contributed by atoms with Gasteiger partial charge in [0, 0.05) is 24.7 Å². The first-order chi connectivity index (χ1) is 9.67. The van der Waals surface area contributed by atoms with Crippen molar-refractivity contribution in [2.75, 3.05) is 0 Å². The van der Waals surface area contributed by atoms with Crippen LogP contribution in [0.5, 0.6) is 0 Å². The largest absolute Gasteiger partial charge is 0.307 e. The SMILES string of the molecule is CCc1nn(CC)c(CNCc2ccccc2Cl)c1Br. The van der Waals surface area contributed by atoms with E-state index in [0.717, 1.165) is 46.8 Å². The average Bonchev–Trinajstić information content (AvgIpc) is 2.77. The van der Waals surface area contributed by atoms with Gasteiger partial charge in [-0.1, -0.05) is 36.7 Å². The van der Waals surface area contributed by atoms with Gasteiger partial charge in [0.05, 0.1) is 15.9 Å². The molecular formula is C15H19BrClN3. The molecule has 0 fully saturated rings. The maximum atomic E-state index is 6.16. The van der Waals surface area contributed by atoms with E-state index in [1.165, 1.54) is 5.69 Å². The summed E-state index contributed by atoms with van der Waals surface area (Å²) in [5, 5.41) is 8.83. The molecule has 1 N–H and O–H groups in total. The molecule has 0 aliphatic rings. The van der Waals surface area contributed by atoms with Crippen molar-refractivity contribution in [3.63, 3.8) is 0 Å². The van der Waals surface area contributed by atoms with Crippen molar-refractivity contribution in [2.45, 2.75) is 39.9 Å². The molecule has 0 saturated heterocycles. The Bertz CT molecular complexity index is 580. The van der Waals surface area contributed by atoms with E-state index in [1.807, 2.05) is 28.9 Å². The number of aryl methyl sites for hydroxylation is 2. The van der Waals surface area contributed by atoms with Crippen molar-refractivity contribution < 1.29 is 0 Å². The molecule has 1 aromatic carbocycles. The maximum absolute atomic E-state index is 6.16. The molecule has 0 radical (unpaired) electrons.